The van der Waals surface area contributed by atoms with Gasteiger partial charge in [-0.1, -0.05) is 0 Å². The van der Waals surface area contributed by atoms with Gasteiger partial charge in [0.15, 0.2) is 0 Å². The van der Waals surface area contributed by atoms with Crippen LogP contribution < -0.4 is 10.9 Å². The largest absolute Gasteiger partial charge is 0.469 e. The van der Waals surface area contributed by atoms with E-state index in [0.717, 1.165) is 18.6 Å². The van der Waals surface area contributed by atoms with E-state index in [2.05, 4.69) is 5.32 Å². The second-order valence-corrected chi connectivity index (χ2v) is 4.86. The Morgan fingerprint density at radius 3 is 2.85 bits per heavy atom. The normalized spacial score (nSPS) is 12.1. The summed E-state index contributed by atoms with van der Waals surface area (Å²) in [5.74, 6) is 0.737. The number of nitrogens with zero attached hydrogens (tertiary/aromatic N) is 1. The third-order valence-electron chi connectivity index (χ3n) is 3.13. The van der Waals surface area contributed by atoms with E-state index < -0.39 is 0 Å². The van der Waals surface area contributed by atoms with Crippen LogP contribution in [0.25, 0.3) is 0 Å². The van der Waals surface area contributed by atoms with Gasteiger partial charge in [0.25, 0.3) is 5.91 Å². The van der Waals surface area contributed by atoms with Gasteiger partial charge >= 0.3 is 0 Å². The molecular weight excluding hydrogens is 256 g/mol. The minimum Gasteiger partial charge on any atom is -0.469 e. The van der Waals surface area contributed by atoms with E-state index in [9.17, 15) is 9.59 Å². The van der Waals surface area contributed by atoms with E-state index in [4.69, 9.17) is 4.42 Å². The monoisotopic (exact) mass is 274 g/mol. The maximum atomic E-state index is 12.0. The van der Waals surface area contributed by atoms with Crippen LogP contribution in [0.4, 0.5) is 0 Å². The van der Waals surface area contributed by atoms with Crippen LogP contribution in [-0.4, -0.2) is 16.5 Å². The van der Waals surface area contributed by atoms with Gasteiger partial charge in [0.1, 0.15) is 5.76 Å². The van der Waals surface area contributed by atoms with Gasteiger partial charge in [-0.3, -0.25) is 9.59 Å². The molecule has 0 spiro atoms. The molecule has 0 fully saturated rings. The fourth-order valence-electron chi connectivity index (χ4n) is 1.92. The van der Waals surface area contributed by atoms with Gasteiger partial charge in [-0.05, 0) is 31.5 Å². The molecule has 0 saturated carbocycles. The van der Waals surface area contributed by atoms with Crippen molar-refractivity contribution < 1.29 is 9.21 Å². The molecule has 5 nitrogen and oxygen atoms in total. The first-order valence-corrected chi connectivity index (χ1v) is 6.56. The molecular formula is C15H18N2O3. The van der Waals surface area contributed by atoms with E-state index in [1.807, 2.05) is 19.1 Å². The van der Waals surface area contributed by atoms with Crippen molar-refractivity contribution >= 4 is 5.91 Å². The van der Waals surface area contributed by atoms with E-state index in [1.165, 1.54) is 22.9 Å². The number of amides is 1. The molecule has 20 heavy (non-hydrogen) atoms. The molecule has 2 aromatic rings. The summed E-state index contributed by atoms with van der Waals surface area (Å²) in [7, 11) is 1.62. The highest BCUT2D eigenvalue weighted by atomic mass is 16.3. The lowest BCUT2D eigenvalue weighted by Gasteiger charge is -2.13. The summed E-state index contributed by atoms with van der Waals surface area (Å²) in [5.41, 5.74) is 0.351. The summed E-state index contributed by atoms with van der Waals surface area (Å²) in [4.78, 5) is 23.3. The van der Waals surface area contributed by atoms with Gasteiger partial charge in [0.05, 0.1) is 11.8 Å². The number of aryl methyl sites for hydroxylation is 2. The summed E-state index contributed by atoms with van der Waals surface area (Å²) in [6.45, 7) is 1.95. The number of hydrogen-bond donors (Lipinski definition) is 1. The van der Waals surface area contributed by atoms with Crippen molar-refractivity contribution in [1.29, 1.82) is 0 Å². The van der Waals surface area contributed by atoms with Gasteiger partial charge in [0.2, 0.25) is 5.56 Å². The molecule has 0 aliphatic heterocycles. The van der Waals surface area contributed by atoms with E-state index in [0.29, 0.717) is 5.56 Å². The standard InChI is InChI=1S/C15H18N2O3/c1-11(5-7-13-4-3-9-20-13)16-15(19)12-6-8-14(18)17(2)10-12/h3-4,6,8-11H,5,7H2,1-2H3,(H,16,19)/t11-/m1/s1. The van der Waals surface area contributed by atoms with Crippen LogP contribution in [0.5, 0.6) is 0 Å². The predicted molar refractivity (Wildman–Crippen MR) is 75.6 cm³/mol. The van der Waals surface area contributed by atoms with E-state index in [1.54, 1.807) is 13.3 Å². The van der Waals surface area contributed by atoms with Crippen LogP contribution in [-0.2, 0) is 13.5 Å². The lowest BCUT2D eigenvalue weighted by atomic mass is 10.1. The molecule has 0 aromatic carbocycles. The molecule has 0 aliphatic carbocycles. The molecule has 1 atom stereocenters. The Bertz CT molecular complexity index is 629. The molecule has 106 valence electrons. The first-order valence-electron chi connectivity index (χ1n) is 6.56. The summed E-state index contributed by atoms with van der Waals surface area (Å²) in [5, 5.41) is 2.91. The number of aromatic nitrogens is 1. The zero-order chi connectivity index (χ0) is 14.5. The second kappa shape index (κ2) is 6.23. The summed E-state index contributed by atoms with van der Waals surface area (Å²) in [6.07, 6.45) is 4.76. The summed E-state index contributed by atoms with van der Waals surface area (Å²) >= 11 is 0. The van der Waals surface area contributed by atoms with Crippen molar-refractivity contribution in [1.82, 2.24) is 9.88 Å². The minimum atomic E-state index is -0.174. The molecule has 0 saturated heterocycles. The smallest absolute Gasteiger partial charge is 0.252 e. The Kier molecular flexibility index (Phi) is 4.40. The fourth-order valence-corrected chi connectivity index (χ4v) is 1.92. The van der Waals surface area contributed by atoms with Crippen LogP contribution in [0.1, 0.15) is 29.5 Å². The molecule has 1 N–H and O–H groups in total. The number of rotatable bonds is 5. The quantitative estimate of drug-likeness (QED) is 0.903. The topological polar surface area (TPSA) is 64.2 Å². The zero-order valence-electron chi connectivity index (χ0n) is 11.6. The van der Waals surface area contributed by atoms with Crippen molar-refractivity contribution in [2.24, 2.45) is 7.05 Å². The Labute approximate surface area is 117 Å². The Hall–Kier alpha value is -2.30. The van der Waals surface area contributed by atoms with Crippen LogP contribution in [0.2, 0.25) is 0 Å². The van der Waals surface area contributed by atoms with Crippen LogP contribution in [0, 0.1) is 0 Å². The molecule has 2 aromatic heterocycles. The van der Waals surface area contributed by atoms with Gasteiger partial charge in [0, 0.05) is 31.8 Å². The maximum absolute atomic E-state index is 12.0. The Balaban J connectivity index is 1.90. The molecule has 5 heteroatoms. The zero-order valence-corrected chi connectivity index (χ0v) is 11.6. The average molecular weight is 274 g/mol. The highest BCUT2D eigenvalue weighted by Crippen LogP contribution is 2.06. The first kappa shape index (κ1) is 14.1. The number of carbonyl (C=O) groups excluding carboxylic acids is 1. The van der Waals surface area contributed by atoms with Crippen molar-refractivity contribution in [3.8, 4) is 0 Å². The number of nitrogens with one attached hydrogen (secondary N) is 1. The Morgan fingerprint density at radius 2 is 2.20 bits per heavy atom. The number of pyridine rings is 1. The SMILES string of the molecule is C[C@H](CCc1ccco1)NC(=O)c1ccc(=O)n(C)c1. The number of furan rings is 1. The third-order valence-corrected chi connectivity index (χ3v) is 3.13. The van der Waals surface area contributed by atoms with Crippen molar-refractivity contribution in [3.05, 3.63) is 58.4 Å². The van der Waals surface area contributed by atoms with E-state index >= 15 is 0 Å². The second-order valence-electron chi connectivity index (χ2n) is 4.86. The number of hydrogen-bond acceptors (Lipinski definition) is 3. The molecule has 2 rings (SSSR count). The number of carbonyl (C=O) groups is 1. The molecule has 0 bridgehead atoms. The average Bonchev–Trinajstić information content (AvgIpc) is 2.92. The maximum Gasteiger partial charge on any atom is 0.252 e. The first-order chi connectivity index (χ1) is 9.56. The van der Waals surface area contributed by atoms with Crippen LogP contribution in [0.3, 0.4) is 0 Å². The van der Waals surface area contributed by atoms with Crippen LogP contribution in [0.15, 0.2) is 45.9 Å². The highest BCUT2D eigenvalue weighted by Gasteiger charge is 2.11. The van der Waals surface area contributed by atoms with Gasteiger partial charge in [-0.2, -0.15) is 0 Å². The summed E-state index contributed by atoms with van der Waals surface area (Å²) in [6, 6.07) is 6.73. The third kappa shape index (κ3) is 3.60. The lowest BCUT2D eigenvalue weighted by Crippen LogP contribution is -2.33. The fraction of sp³-hybridized carbons (Fsp3) is 0.333. The molecule has 0 unspecified atom stereocenters. The van der Waals surface area contributed by atoms with Gasteiger partial charge in [-0.15, -0.1) is 0 Å². The van der Waals surface area contributed by atoms with E-state index in [-0.39, 0.29) is 17.5 Å². The molecule has 0 aliphatic rings. The van der Waals surface area contributed by atoms with Gasteiger partial charge in [-0.25, -0.2) is 0 Å². The Morgan fingerprint density at radius 1 is 1.40 bits per heavy atom. The van der Waals surface area contributed by atoms with Gasteiger partial charge < -0.3 is 14.3 Å². The molecule has 1 amide bonds. The van der Waals surface area contributed by atoms with Crippen molar-refractivity contribution in [2.45, 2.75) is 25.8 Å². The summed E-state index contributed by atoms with van der Waals surface area (Å²) < 4.78 is 6.64. The van der Waals surface area contributed by atoms with Crippen LogP contribution >= 0.6 is 0 Å². The molecule has 2 heterocycles. The van der Waals surface area contributed by atoms with Crippen molar-refractivity contribution in [2.75, 3.05) is 0 Å². The highest BCUT2D eigenvalue weighted by molar-refractivity contribution is 5.94. The predicted octanol–water partition coefficient (Wildman–Crippen LogP) is 1.73. The lowest BCUT2D eigenvalue weighted by molar-refractivity contribution is 0.0937. The molecule has 0 radical (unpaired) electrons. The minimum absolute atomic E-state index is 0.0323. The van der Waals surface area contributed by atoms with Crippen molar-refractivity contribution in [3.63, 3.8) is 0 Å².